The summed E-state index contributed by atoms with van der Waals surface area (Å²) in [5, 5.41) is 5.28. The van der Waals surface area contributed by atoms with Crippen LogP contribution in [0, 0.1) is 5.82 Å². The van der Waals surface area contributed by atoms with Gasteiger partial charge in [-0.15, -0.1) is 0 Å². The van der Waals surface area contributed by atoms with Crippen LogP contribution in [-0.2, 0) is 11.3 Å². The van der Waals surface area contributed by atoms with Gasteiger partial charge in [0.05, 0.1) is 0 Å². The molecule has 0 heterocycles. The van der Waals surface area contributed by atoms with Crippen LogP contribution in [0.25, 0.3) is 6.08 Å². The number of amides is 2. The zero-order chi connectivity index (χ0) is 20.6. The molecular weight excluding hydrogens is 369 g/mol. The first-order valence-electron chi connectivity index (χ1n) is 8.99. The van der Waals surface area contributed by atoms with Crippen molar-refractivity contribution in [1.29, 1.82) is 0 Å². The summed E-state index contributed by atoms with van der Waals surface area (Å²) in [4.78, 5) is 25.3. The van der Waals surface area contributed by atoms with Crippen molar-refractivity contribution in [3.05, 3.63) is 107 Å². The molecule has 3 aromatic rings. The number of nitrogen functional groups attached to an aromatic ring is 1. The van der Waals surface area contributed by atoms with Crippen LogP contribution in [0.4, 0.5) is 10.1 Å². The third-order valence-corrected chi connectivity index (χ3v) is 4.23. The van der Waals surface area contributed by atoms with E-state index in [9.17, 15) is 14.0 Å². The highest BCUT2D eigenvalue weighted by molar-refractivity contribution is 6.05. The molecule has 0 aliphatic heterocycles. The second-order valence-electron chi connectivity index (χ2n) is 6.28. The minimum Gasteiger partial charge on any atom is -0.398 e. The van der Waals surface area contributed by atoms with Crippen LogP contribution in [0.3, 0.4) is 0 Å². The van der Waals surface area contributed by atoms with E-state index in [2.05, 4.69) is 10.6 Å². The fourth-order valence-electron chi connectivity index (χ4n) is 2.66. The number of benzene rings is 3. The van der Waals surface area contributed by atoms with Crippen LogP contribution in [0.15, 0.2) is 84.6 Å². The lowest BCUT2D eigenvalue weighted by atomic mass is 10.1. The van der Waals surface area contributed by atoms with Crippen molar-refractivity contribution in [2.24, 2.45) is 0 Å². The van der Waals surface area contributed by atoms with Crippen LogP contribution >= 0.6 is 0 Å². The molecule has 0 saturated heterocycles. The number of carbonyl (C=O) groups is 2. The largest absolute Gasteiger partial charge is 0.398 e. The molecule has 0 spiro atoms. The zero-order valence-electron chi connectivity index (χ0n) is 15.6. The van der Waals surface area contributed by atoms with E-state index in [-0.39, 0.29) is 17.8 Å². The van der Waals surface area contributed by atoms with Gasteiger partial charge in [-0.1, -0.05) is 54.6 Å². The van der Waals surface area contributed by atoms with Crippen molar-refractivity contribution < 1.29 is 14.0 Å². The summed E-state index contributed by atoms with van der Waals surface area (Å²) in [5.41, 5.74) is 7.67. The summed E-state index contributed by atoms with van der Waals surface area (Å²) in [6.45, 7) is 0.168. The number of hydrogen-bond donors (Lipinski definition) is 3. The van der Waals surface area contributed by atoms with E-state index in [0.29, 0.717) is 11.3 Å². The van der Waals surface area contributed by atoms with E-state index in [1.54, 1.807) is 60.7 Å². The maximum absolute atomic E-state index is 14.1. The summed E-state index contributed by atoms with van der Waals surface area (Å²) in [7, 11) is 0. The zero-order valence-corrected chi connectivity index (χ0v) is 15.6. The Hall–Kier alpha value is -3.93. The monoisotopic (exact) mass is 389 g/mol. The highest BCUT2D eigenvalue weighted by atomic mass is 19.1. The van der Waals surface area contributed by atoms with E-state index >= 15 is 0 Å². The van der Waals surface area contributed by atoms with Gasteiger partial charge >= 0.3 is 0 Å². The van der Waals surface area contributed by atoms with Gasteiger partial charge in [-0.05, 0) is 35.9 Å². The Morgan fingerprint density at radius 1 is 0.897 bits per heavy atom. The Morgan fingerprint density at radius 2 is 1.55 bits per heavy atom. The minimum atomic E-state index is -0.555. The fourth-order valence-corrected chi connectivity index (χ4v) is 2.66. The van der Waals surface area contributed by atoms with Crippen LogP contribution in [0.1, 0.15) is 21.5 Å². The molecule has 0 aliphatic carbocycles. The van der Waals surface area contributed by atoms with Crippen molar-refractivity contribution >= 4 is 23.6 Å². The van der Waals surface area contributed by atoms with Gasteiger partial charge in [0.15, 0.2) is 0 Å². The maximum atomic E-state index is 14.1. The van der Waals surface area contributed by atoms with Crippen molar-refractivity contribution in [1.82, 2.24) is 10.6 Å². The average Bonchev–Trinajstić information content (AvgIpc) is 2.74. The third kappa shape index (κ3) is 5.29. The predicted octanol–water partition coefficient (Wildman–Crippen LogP) is 3.50. The minimum absolute atomic E-state index is 0.0709. The molecule has 0 bridgehead atoms. The summed E-state index contributed by atoms with van der Waals surface area (Å²) in [5.74, 6) is -1.53. The Morgan fingerprint density at radius 3 is 2.28 bits per heavy atom. The van der Waals surface area contributed by atoms with Crippen molar-refractivity contribution in [3.8, 4) is 0 Å². The molecular formula is C23H20FN3O2. The number of halogens is 1. The highest BCUT2D eigenvalue weighted by Crippen LogP contribution is 2.13. The number of hydrogen-bond acceptors (Lipinski definition) is 3. The number of nitrogens with two attached hydrogens (primary N) is 1. The summed E-state index contributed by atoms with van der Waals surface area (Å²) in [6.07, 6.45) is 1.31. The van der Waals surface area contributed by atoms with E-state index in [1.807, 2.05) is 6.07 Å². The molecule has 29 heavy (non-hydrogen) atoms. The number of para-hydroxylation sites is 1. The number of carbonyl (C=O) groups excluding carboxylic acids is 2. The van der Waals surface area contributed by atoms with Crippen LogP contribution in [0.5, 0.6) is 0 Å². The van der Waals surface area contributed by atoms with Gasteiger partial charge in [0.25, 0.3) is 11.8 Å². The molecule has 0 radical (unpaired) electrons. The van der Waals surface area contributed by atoms with Gasteiger partial charge in [0, 0.05) is 23.4 Å². The molecule has 0 fully saturated rings. The maximum Gasteiger partial charge on any atom is 0.268 e. The Labute approximate surface area is 168 Å². The fraction of sp³-hybridized carbons (Fsp3) is 0.0435. The Kier molecular flexibility index (Phi) is 6.37. The van der Waals surface area contributed by atoms with E-state index < -0.39 is 17.6 Å². The molecule has 0 aliphatic rings. The molecule has 4 N–H and O–H groups in total. The smallest absolute Gasteiger partial charge is 0.268 e. The van der Waals surface area contributed by atoms with Crippen molar-refractivity contribution in [2.75, 3.05) is 5.73 Å². The Bertz CT molecular complexity index is 1050. The molecule has 3 rings (SSSR count). The van der Waals surface area contributed by atoms with Crippen LogP contribution < -0.4 is 16.4 Å². The van der Waals surface area contributed by atoms with Crippen LogP contribution in [0.2, 0.25) is 0 Å². The average molecular weight is 389 g/mol. The standard InChI is InChI=1S/C23H20FN3O2/c24-19-12-6-4-10-17(19)14-21(27-22(28)16-8-2-1-3-9-16)23(29)26-15-18-11-5-7-13-20(18)25/h1-14H,15,25H2,(H,26,29)(H,27,28)/b21-14-. The molecule has 0 saturated carbocycles. The number of rotatable bonds is 6. The predicted molar refractivity (Wildman–Crippen MR) is 111 cm³/mol. The van der Waals surface area contributed by atoms with Crippen LogP contribution in [-0.4, -0.2) is 11.8 Å². The normalized spacial score (nSPS) is 11.0. The number of nitrogens with one attached hydrogen (secondary N) is 2. The van der Waals surface area contributed by atoms with Gasteiger partial charge in [0.1, 0.15) is 11.5 Å². The molecule has 6 heteroatoms. The first kappa shape index (κ1) is 19.8. The quantitative estimate of drug-likeness (QED) is 0.446. The molecule has 0 atom stereocenters. The molecule has 2 amide bonds. The van der Waals surface area contributed by atoms with Gasteiger partial charge in [-0.25, -0.2) is 4.39 Å². The molecule has 0 unspecified atom stereocenters. The van der Waals surface area contributed by atoms with Gasteiger partial charge in [-0.2, -0.15) is 0 Å². The second kappa shape index (κ2) is 9.32. The first-order chi connectivity index (χ1) is 14.0. The van der Waals surface area contributed by atoms with Gasteiger partial charge < -0.3 is 16.4 Å². The lowest BCUT2D eigenvalue weighted by Crippen LogP contribution is -2.34. The lowest BCUT2D eigenvalue weighted by Gasteiger charge is -2.12. The molecule has 3 aromatic carbocycles. The molecule has 0 aromatic heterocycles. The van der Waals surface area contributed by atoms with Crippen molar-refractivity contribution in [3.63, 3.8) is 0 Å². The summed E-state index contributed by atoms with van der Waals surface area (Å²) in [6, 6.07) is 21.6. The summed E-state index contributed by atoms with van der Waals surface area (Å²) >= 11 is 0. The topological polar surface area (TPSA) is 84.2 Å². The van der Waals surface area contributed by atoms with Gasteiger partial charge in [-0.3, -0.25) is 9.59 Å². The first-order valence-corrected chi connectivity index (χ1v) is 8.99. The Balaban J connectivity index is 1.84. The second-order valence-corrected chi connectivity index (χ2v) is 6.28. The highest BCUT2D eigenvalue weighted by Gasteiger charge is 2.15. The number of anilines is 1. The molecule has 5 nitrogen and oxygen atoms in total. The van der Waals surface area contributed by atoms with E-state index in [4.69, 9.17) is 5.73 Å². The lowest BCUT2D eigenvalue weighted by molar-refractivity contribution is -0.117. The van der Waals surface area contributed by atoms with Gasteiger partial charge in [0.2, 0.25) is 0 Å². The van der Waals surface area contributed by atoms with E-state index in [0.717, 1.165) is 5.56 Å². The summed E-state index contributed by atoms with van der Waals surface area (Å²) < 4.78 is 14.1. The third-order valence-electron chi connectivity index (χ3n) is 4.23. The van der Waals surface area contributed by atoms with E-state index in [1.165, 1.54) is 18.2 Å². The molecule has 146 valence electrons. The SMILES string of the molecule is Nc1ccccc1CNC(=O)/C(=C/c1ccccc1F)NC(=O)c1ccccc1. The van der Waals surface area contributed by atoms with Crippen molar-refractivity contribution in [2.45, 2.75) is 6.54 Å².